The first-order valence-corrected chi connectivity index (χ1v) is 26.7. The van der Waals surface area contributed by atoms with Gasteiger partial charge in [0.15, 0.2) is 6.10 Å². The molecular formula is C49H91O13P. The van der Waals surface area contributed by atoms with E-state index in [2.05, 4.69) is 38.2 Å². The second-order valence-corrected chi connectivity index (χ2v) is 19.1. The van der Waals surface area contributed by atoms with Crippen molar-refractivity contribution in [2.75, 3.05) is 13.2 Å². The first-order chi connectivity index (χ1) is 30.4. The van der Waals surface area contributed by atoms with Gasteiger partial charge in [-0.05, 0) is 38.5 Å². The minimum Gasteiger partial charge on any atom is -0.462 e. The van der Waals surface area contributed by atoms with Gasteiger partial charge in [-0.3, -0.25) is 18.6 Å². The van der Waals surface area contributed by atoms with E-state index >= 15 is 0 Å². The highest BCUT2D eigenvalue weighted by atomic mass is 31.2. The van der Waals surface area contributed by atoms with Crippen molar-refractivity contribution in [3.05, 3.63) is 24.3 Å². The summed E-state index contributed by atoms with van der Waals surface area (Å²) in [5, 5.41) is 50.2. The zero-order chi connectivity index (χ0) is 46.4. The summed E-state index contributed by atoms with van der Waals surface area (Å²) in [6.07, 6.45) is 30.8. The van der Waals surface area contributed by atoms with Crippen LogP contribution in [0.25, 0.3) is 0 Å². The van der Waals surface area contributed by atoms with Gasteiger partial charge in [0.05, 0.1) is 6.61 Å². The normalized spacial score (nSPS) is 21.8. The Hall–Kier alpha value is -1.67. The van der Waals surface area contributed by atoms with Crippen LogP contribution in [0.3, 0.4) is 0 Å². The number of esters is 2. The lowest BCUT2D eigenvalue weighted by Gasteiger charge is -2.41. The Kier molecular flexibility index (Phi) is 37.2. The minimum atomic E-state index is -5.12. The molecule has 63 heavy (non-hydrogen) atoms. The van der Waals surface area contributed by atoms with E-state index in [0.29, 0.717) is 12.8 Å². The van der Waals surface area contributed by atoms with Gasteiger partial charge in [0.25, 0.3) is 0 Å². The summed E-state index contributed by atoms with van der Waals surface area (Å²) in [5.74, 6) is -1.11. The fraction of sp³-hybridized carbons (Fsp3) is 0.878. The summed E-state index contributed by atoms with van der Waals surface area (Å²) >= 11 is 0. The second kappa shape index (κ2) is 39.5. The fourth-order valence-electron chi connectivity index (χ4n) is 7.75. The molecule has 0 aromatic rings. The van der Waals surface area contributed by atoms with Gasteiger partial charge in [0, 0.05) is 12.8 Å². The van der Waals surface area contributed by atoms with Gasteiger partial charge in [-0.2, -0.15) is 0 Å². The van der Waals surface area contributed by atoms with Crippen LogP contribution in [0.1, 0.15) is 219 Å². The molecule has 0 bridgehead atoms. The zero-order valence-electron chi connectivity index (χ0n) is 39.4. The van der Waals surface area contributed by atoms with Gasteiger partial charge in [0.1, 0.15) is 43.2 Å². The van der Waals surface area contributed by atoms with Crippen molar-refractivity contribution in [1.29, 1.82) is 0 Å². The van der Waals surface area contributed by atoms with Crippen LogP contribution in [-0.2, 0) is 32.7 Å². The van der Waals surface area contributed by atoms with Gasteiger partial charge >= 0.3 is 19.8 Å². The number of aliphatic hydroxyl groups excluding tert-OH is 5. The Labute approximate surface area is 381 Å². The van der Waals surface area contributed by atoms with Crippen molar-refractivity contribution in [2.45, 2.75) is 262 Å². The van der Waals surface area contributed by atoms with Gasteiger partial charge < -0.3 is 39.9 Å². The van der Waals surface area contributed by atoms with E-state index in [0.717, 1.165) is 57.8 Å². The molecule has 0 amide bonds. The molecule has 1 aliphatic carbocycles. The van der Waals surface area contributed by atoms with Crippen molar-refractivity contribution in [3.8, 4) is 0 Å². The molecule has 1 fully saturated rings. The van der Waals surface area contributed by atoms with Crippen LogP contribution in [0.2, 0.25) is 0 Å². The summed E-state index contributed by atoms with van der Waals surface area (Å²) in [6, 6.07) is 0. The van der Waals surface area contributed by atoms with Gasteiger partial charge in [-0.25, -0.2) is 4.57 Å². The highest BCUT2D eigenvalue weighted by Crippen LogP contribution is 2.47. The van der Waals surface area contributed by atoms with E-state index in [1.165, 1.54) is 122 Å². The van der Waals surface area contributed by atoms with Crippen molar-refractivity contribution in [3.63, 3.8) is 0 Å². The summed E-state index contributed by atoms with van der Waals surface area (Å²) in [6.45, 7) is 3.29. The van der Waals surface area contributed by atoms with Crippen LogP contribution >= 0.6 is 7.82 Å². The van der Waals surface area contributed by atoms with Crippen LogP contribution in [0.4, 0.5) is 0 Å². The molecular weight excluding hydrogens is 828 g/mol. The van der Waals surface area contributed by atoms with E-state index in [-0.39, 0.29) is 12.8 Å². The summed E-state index contributed by atoms with van der Waals surface area (Å²) in [4.78, 5) is 35.8. The highest BCUT2D eigenvalue weighted by Gasteiger charge is 2.51. The monoisotopic (exact) mass is 919 g/mol. The SMILES string of the molecule is CCCCCC/C=C/C=C/CCCCCCCC(=O)O[C@@H](COC(=O)CCCCCCCCCCCCCCCCCCCCC)COP(=O)(O)OC1C(O)C(O)C(O)[C@H](O)C1O. The van der Waals surface area contributed by atoms with E-state index in [1.807, 2.05) is 0 Å². The van der Waals surface area contributed by atoms with Crippen molar-refractivity contribution < 1.29 is 63.1 Å². The first-order valence-electron chi connectivity index (χ1n) is 25.2. The molecule has 0 heterocycles. The molecule has 0 aromatic heterocycles. The average molecular weight is 919 g/mol. The second-order valence-electron chi connectivity index (χ2n) is 17.7. The Morgan fingerprint density at radius 2 is 0.841 bits per heavy atom. The van der Waals surface area contributed by atoms with Crippen LogP contribution in [0, 0.1) is 0 Å². The fourth-order valence-corrected chi connectivity index (χ4v) is 8.72. The van der Waals surface area contributed by atoms with Crippen LogP contribution in [0.15, 0.2) is 24.3 Å². The number of aliphatic hydroxyl groups is 5. The molecule has 0 radical (unpaired) electrons. The Morgan fingerprint density at radius 1 is 0.492 bits per heavy atom. The number of unbranched alkanes of at least 4 members (excludes halogenated alkanes) is 27. The summed E-state index contributed by atoms with van der Waals surface area (Å²) in [5.41, 5.74) is 0. The number of rotatable bonds is 42. The third-order valence-corrected chi connectivity index (χ3v) is 12.8. The predicted molar refractivity (Wildman–Crippen MR) is 249 cm³/mol. The molecule has 370 valence electrons. The number of hydrogen-bond donors (Lipinski definition) is 6. The van der Waals surface area contributed by atoms with E-state index < -0.39 is 75.7 Å². The Bertz CT molecular complexity index is 1200. The van der Waals surface area contributed by atoms with Crippen molar-refractivity contribution >= 4 is 19.8 Å². The van der Waals surface area contributed by atoms with Gasteiger partial charge in [-0.1, -0.05) is 192 Å². The lowest BCUT2D eigenvalue weighted by molar-refractivity contribution is -0.220. The maximum absolute atomic E-state index is 12.8. The Balaban J connectivity index is 2.40. The molecule has 6 unspecified atom stereocenters. The highest BCUT2D eigenvalue weighted by molar-refractivity contribution is 7.47. The standard InChI is InChI=1S/C49H91O13P/c1-3-5-7-9-11-13-15-17-19-20-21-22-24-25-27-29-31-33-35-37-42(50)59-39-41(40-60-63(57,58)62-49-47(55)45(53)44(52)46(54)48(49)56)61-43(51)38-36-34-32-30-28-26-23-18-16-14-12-10-8-6-4-2/h14,16,18,23,41,44-49,52-56H,3-13,15,17,19-22,24-40H2,1-2H3,(H,57,58)/b16-14+,23-18+/t41-,44?,45-,46?,47?,48?,49?/m0/s1. The molecule has 0 aromatic carbocycles. The Morgan fingerprint density at radius 3 is 1.27 bits per heavy atom. The smallest absolute Gasteiger partial charge is 0.462 e. The lowest BCUT2D eigenvalue weighted by atomic mass is 9.85. The predicted octanol–water partition coefficient (Wildman–Crippen LogP) is 10.4. The number of phosphoric ester groups is 1. The first kappa shape index (κ1) is 59.3. The number of carbonyl (C=O) groups is 2. The van der Waals surface area contributed by atoms with E-state index in [9.17, 15) is 44.6 Å². The summed E-state index contributed by atoms with van der Waals surface area (Å²) < 4.78 is 33.6. The average Bonchev–Trinajstić information content (AvgIpc) is 3.26. The third-order valence-electron chi connectivity index (χ3n) is 11.8. The van der Waals surface area contributed by atoms with E-state index in [4.69, 9.17) is 18.5 Å². The molecule has 0 aliphatic heterocycles. The number of hydrogen-bond acceptors (Lipinski definition) is 12. The largest absolute Gasteiger partial charge is 0.472 e. The van der Waals surface area contributed by atoms with Gasteiger partial charge in [0.2, 0.25) is 0 Å². The zero-order valence-corrected chi connectivity index (χ0v) is 40.3. The molecule has 13 nitrogen and oxygen atoms in total. The van der Waals surface area contributed by atoms with Gasteiger partial charge in [-0.15, -0.1) is 0 Å². The summed E-state index contributed by atoms with van der Waals surface area (Å²) in [7, 11) is -5.12. The number of phosphoric acid groups is 1. The molecule has 1 aliphatic rings. The topological polar surface area (TPSA) is 210 Å². The maximum atomic E-state index is 12.8. The molecule has 1 rings (SSSR count). The minimum absolute atomic E-state index is 0.0819. The molecule has 0 saturated heterocycles. The molecule has 1 saturated carbocycles. The molecule has 8 atom stereocenters. The van der Waals surface area contributed by atoms with Crippen LogP contribution in [-0.4, -0.2) is 98.3 Å². The van der Waals surface area contributed by atoms with Crippen molar-refractivity contribution in [2.24, 2.45) is 0 Å². The number of carbonyl (C=O) groups excluding carboxylic acids is 2. The quantitative estimate of drug-likeness (QED) is 0.0146. The van der Waals surface area contributed by atoms with Crippen LogP contribution < -0.4 is 0 Å². The number of ether oxygens (including phenoxy) is 2. The number of allylic oxidation sites excluding steroid dienone is 4. The molecule has 0 spiro atoms. The van der Waals surface area contributed by atoms with Crippen molar-refractivity contribution in [1.82, 2.24) is 0 Å². The van der Waals surface area contributed by atoms with E-state index in [1.54, 1.807) is 0 Å². The van der Waals surface area contributed by atoms with Crippen LogP contribution in [0.5, 0.6) is 0 Å². The molecule has 6 N–H and O–H groups in total. The lowest BCUT2D eigenvalue weighted by Crippen LogP contribution is -2.64. The maximum Gasteiger partial charge on any atom is 0.472 e. The third kappa shape index (κ3) is 31.8. The molecule has 14 heteroatoms.